The molecule has 0 saturated heterocycles. The molecule has 3 nitrogen and oxygen atoms in total. The maximum atomic E-state index is 8.64. The Labute approximate surface area is 72.8 Å². The third kappa shape index (κ3) is 1.85. The molecular formula is C9H15NO2. The summed E-state index contributed by atoms with van der Waals surface area (Å²) in [7, 11) is 1.68. The van der Waals surface area contributed by atoms with Crippen LogP contribution in [0, 0.1) is 0 Å². The van der Waals surface area contributed by atoms with Crippen LogP contribution in [0.3, 0.4) is 0 Å². The zero-order chi connectivity index (χ0) is 8.97. The van der Waals surface area contributed by atoms with Gasteiger partial charge in [0.25, 0.3) is 0 Å². The molecule has 0 aromatic heterocycles. The molecule has 0 atom stereocenters. The molecule has 12 heavy (non-hydrogen) atoms. The molecule has 0 heterocycles. The van der Waals surface area contributed by atoms with Crippen molar-refractivity contribution in [3.63, 3.8) is 0 Å². The summed E-state index contributed by atoms with van der Waals surface area (Å²) in [6.07, 6.45) is 3.02. The number of allylic oxidation sites excluding steroid dienone is 2. The summed E-state index contributed by atoms with van der Waals surface area (Å²) < 4.78 is 5.20. The first-order valence-electron chi connectivity index (χ1n) is 4.18. The number of aliphatic hydroxyl groups is 1. The number of hydrogen-bond acceptors (Lipinski definition) is 3. The van der Waals surface area contributed by atoms with E-state index in [1.54, 1.807) is 7.11 Å². The van der Waals surface area contributed by atoms with Gasteiger partial charge in [-0.3, -0.25) is 4.99 Å². The molecule has 0 aromatic rings. The van der Waals surface area contributed by atoms with E-state index in [1.807, 2.05) is 6.92 Å². The summed E-state index contributed by atoms with van der Waals surface area (Å²) >= 11 is 0. The van der Waals surface area contributed by atoms with Crippen molar-refractivity contribution in [3.05, 3.63) is 11.3 Å². The Morgan fingerprint density at radius 1 is 1.50 bits per heavy atom. The molecule has 0 amide bonds. The maximum Gasteiger partial charge on any atom is 0.134 e. The molecule has 0 bridgehead atoms. The van der Waals surface area contributed by atoms with Crippen LogP contribution in [0.25, 0.3) is 0 Å². The Balaban J connectivity index is 2.84. The molecule has 0 aliphatic heterocycles. The van der Waals surface area contributed by atoms with Gasteiger partial charge in [-0.05, 0) is 19.8 Å². The summed E-state index contributed by atoms with van der Waals surface area (Å²) in [5.74, 6) is 1.01. The van der Waals surface area contributed by atoms with Crippen molar-refractivity contribution in [2.45, 2.75) is 26.2 Å². The third-order valence-corrected chi connectivity index (χ3v) is 2.18. The predicted molar refractivity (Wildman–Crippen MR) is 48.1 cm³/mol. The Bertz CT molecular complexity index is 219. The van der Waals surface area contributed by atoms with Crippen LogP contribution < -0.4 is 0 Å². The van der Waals surface area contributed by atoms with Gasteiger partial charge in [0.05, 0.1) is 7.11 Å². The Morgan fingerprint density at radius 2 is 2.25 bits per heavy atom. The van der Waals surface area contributed by atoms with Crippen molar-refractivity contribution in [3.8, 4) is 0 Å². The highest BCUT2D eigenvalue weighted by Crippen LogP contribution is 2.22. The number of aliphatic hydroxyl groups excluding tert-OH is 1. The van der Waals surface area contributed by atoms with Crippen LogP contribution >= 0.6 is 0 Å². The Morgan fingerprint density at radius 3 is 2.83 bits per heavy atom. The van der Waals surface area contributed by atoms with E-state index in [0.717, 1.165) is 36.3 Å². The summed E-state index contributed by atoms with van der Waals surface area (Å²) in [4.78, 5) is 4.00. The van der Waals surface area contributed by atoms with Gasteiger partial charge in [-0.2, -0.15) is 0 Å². The number of rotatable bonds is 2. The van der Waals surface area contributed by atoms with E-state index in [1.165, 1.54) is 0 Å². The largest absolute Gasteiger partial charge is 0.501 e. The SMILES string of the molecule is COC1=C(C)/C(=N\CO)CCC1. The van der Waals surface area contributed by atoms with E-state index in [9.17, 15) is 0 Å². The smallest absolute Gasteiger partial charge is 0.134 e. The molecule has 3 heteroatoms. The van der Waals surface area contributed by atoms with Gasteiger partial charge in [-0.1, -0.05) is 0 Å². The first-order valence-corrected chi connectivity index (χ1v) is 4.18. The molecule has 1 aliphatic rings. The maximum absolute atomic E-state index is 8.64. The van der Waals surface area contributed by atoms with Gasteiger partial charge in [0, 0.05) is 17.7 Å². The third-order valence-electron chi connectivity index (χ3n) is 2.18. The number of methoxy groups -OCH3 is 1. The van der Waals surface area contributed by atoms with Gasteiger partial charge >= 0.3 is 0 Å². The van der Waals surface area contributed by atoms with Crippen molar-refractivity contribution in [1.29, 1.82) is 0 Å². The van der Waals surface area contributed by atoms with Gasteiger partial charge < -0.3 is 9.84 Å². The van der Waals surface area contributed by atoms with Gasteiger partial charge in [0.1, 0.15) is 12.5 Å². The number of aliphatic imine (C=N–C) groups is 1. The minimum atomic E-state index is -0.121. The standard InChI is InChI=1S/C9H15NO2/c1-7-8(10-6-11)4-3-5-9(7)12-2/h11H,3-6H2,1-2H3/b10-8-. The normalized spacial score (nSPS) is 21.8. The lowest BCUT2D eigenvalue weighted by atomic mass is 9.97. The molecule has 0 saturated carbocycles. The van der Waals surface area contributed by atoms with Crippen LogP contribution in [-0.4, -0.2) is 24.7 Å². The fourth-order valence-corrected chi connectivity index (χ4v) is 1.49. The average Bonchev–Trinajstić information content (AvgIpc) is 2.09. The second-order valence-corrected chi connectivity index (χ2v) is 2.85. The molecule has 1 rings (SSSR count). The molecule has 0 radical (unpaired) electrons. The van der Waals surface area contributed by atoms with E-state index in [4.69, 9.17) is 9.84 Å². The van der Waals surface area contributed by atoms with Crippen molar-refractivity contribution in [1.82, 2.24) is 0 Å². The number of hydrogen-bond donors (Lipinski definition) is 1. The Kier molecular flexibility index (Phi) is 3.29. The zero-order valence-corrected chi connectivity index (χ0v) is 7.63. The summed E-state index contributed by atoms with van der Waals surface area (Å²) in [6, 6.07) is 0. The highest BCUT2D eigenvalue weighted by Gasteiger charge is 2.14. The van der Waals surface area contributed by atoms with E-state index >= 15 is 0 Å². The second kappa shape index (κ2) is 4.26. The lowest BCUT2D eigenvalue weighted by Gasteiger charge is -2.18. The monoisotopic (exact) mass is 169 g/mol. The first kappa shape index (κ1) is 9.26. The molecular weight excluding hydrogens is 154 g/mol. The molecule has 0 unspecified atom stereocenters. The van der Waals surface area contributed by atoms with E-state index < -0.39 is 0 Å². The lowest BCUT2D eigenvalue weighted by molar-refractivity contribution is 0.269. The van der Waals surface area contributed by atoms with E-state index in [2.05, 4.69) is 4.99 Å². The number of ether oxygens (including phenoxy) is 1. The summed E-state index contributed by atoms with van der Waals surface area (Å²) in [5.41, 5.74) is 2.08. The summed E-state index contributed by atoms with van der Waals surface area (Å²) in [5, 5.41) is 8.64. The average molecular weight is 169 g/mol. The fraction of sp³-hybridized carbons (Fsp3) is 0.667. The summed E-state index contributed by atoms with van der Waals surface area (Å²) in [6.45, 7) is 1.87. The Hall–Kier alpha value is -0.830. The first-order chi connectivity index (χ1) is 5.79. The molecule has 0 fully saturated rings. The van der Waals surface area contributed by atoms with Crippen molar-refractivity contribution in [2.75, 3.05) is 13.8 Å². The van der Waals surface area contributed by atoms with E-state index in [-0.39, 0.29) is 6.73 Å². The van der Waals surface area contributed by atoms with Crippen molar-refractivity contribution >= 4 is 5.71 Å². The van der Waals surface area contributed by atoms with Crippen LogP contribution in [0.5, 0.6) is 0 Å². The van der Waals surface area contributed by atoms with Crippen LogP contribution in [0.2, 0.25) is 0 Å². The minimum Gasteiger partial charge on any atom is -0.501 e. The van der Waals surface area contributed by atoms with Crippen LogP contribution in [0.4, 0.5) is 0 Å². The highest BCUT2D eigenvalue weighted by atomic mass is 16.5. The molecule has 1 aliphatic carbocycles. The lowest BCUT2D eigenvalue weighted by Crippen LogP contribution is -2.11. The molecule has 0 spiro atoms. The topological polar surface area (TPSA) is 41.8 Å². The second-order valence-electron chi connectivity index (χ2n) is 2.85. The highest BCUT2D eigenvalue weighted by molar-refractivity contribution is 6.00. The van der Waals surface area contributed by atoms with E-state index in [0.29, 0.717) is 0 Å². The van der Waals surface area contributed by atoms with Gasteiger partial charge in [-0.15, -0.1) is 0 Å². The molecule has 68 valence electrons. The van der Waals surface area contributed by atoms with Crippen LogP contribution in [0.1, 0.15) is 26.2 Å². The van der Waals surface area contributed by atoms with Crippen molar-refractivity contribution < 1.29 is 9.84 Å². The number of nitrogens with zero attached hydrogens (tertiary/aromatic N) is 1. The van der Waals surface area contributed by atoms with Crippen LogP contribution in [0.15, 0.2) is 16.3 Å². The molecule has 0 aromatic carbocycles. The van der Waals surface area contributed by atoms with Gasteiger partial charge in [0.15, 0.2) is 0 Å². The van der Waals surface area contributed by atoms with Gasteiger partial charge in [0.2, 0.25) is 0 Å². The van der Waals surface area contributed by atoms with Crippen molar-refractivity contribution in [2.24, 2.45) is 4.99 Å². The fourth-order valence-electron chi connectivity index (χ4n) is 1.49. The van der Waals surface area contributed by atoms with Crippen LogP contribution in [-0.2, 0) is 4.74 Å². The zero-order valence-electron chi connectivity index (χ0n) is 7.63. The minimum absolute atomic E-state index is 0.121. The quantitative estimate of drug-likeness (QED) is 0.680. The predicted octanol–water partition coefficient (Wildman–Crippen LogP) is 1.48. The van der Waals surface area contributed by atoms with Gasteiger partial charge in [-0.25, -0.2) is 0 Å². The molecule has 1 N–H and O–H groups in total.